The number of ether oxygens (including phenoxy) is 3. The van der Waals surface area contributed by atoms with E-state index in [-0.39, 0.29) is 34.9 Å². The first-order chi connectivity index (χ1) is 17.6. The summed E-state index contributed by atoms with van der Waals surface area (Å²) in [6, 6.07) is 3.70. The minimum Gasteiger partial charge on any atom is -0.507 e. The SMILES string of the molecule is COC1Oc2cc(O)c3c(c2C(=O)N1C(=O)NCc1cccnc1)OC1=CC(O)=C(C(C)=O)C(=O)[C@]13C. The van der Waals surface area contributed by atoms with E-state index in [0.29, 0.717) is 10.5 Å². The van der Waals surface area contributed by atoms with E-state index in [1.165, 1.54) is 14.0 Å². The van der Waals surface area contributed by atoms with Gasteiger partial charge in [0.25, 0.3) is 12.3 Å². The predicted molar refractivity (Wildman–Crippen MR) is 124 cm³/mol. The molecular weight excluding hydrogens is 486 g/mol. The summed E-state index contributed by atoms with van der Waals surface area (Å²) >= 11 is 0. The number of urea groups is 1. The second-order valence-corrected chi connectivity index (χ2v) is 8.71. The molecule has 2 aliphatic heterocycles. The first kappa shape index (κ1) is 24.0. The van der Waals surface area contributed by atoms with Crippen LogP contribution in [0.25, 0.3) is 0 Å². The molecule has 3 heterocycles. The van der Waals surface area contributed by atoms with Crippen molar-refractivity contribution in [1.29, 1.82) is 0 Å². The van der Waals surface area contributed by atoms with Gasteiger partial charge >= 0.3 is 6.03 Å². The lowest BCUT2D eigenvalue weighted by Gasteiger charge is -2.34. The molecule has 1 aromatic heterocycles. The molecule has 2 aromatic rings. The van der Waals surface area contributed by atoms with Crippen LogP contribution in [-0.2, 0) is 26.3 Å². The van der Waals surface area contributed by atoms with Crippen molar-refractivity contribution in [1.82, 2.24) is 15.2 Å². The third-order valence-corrected chi connectivity index (χ3v) is 6.44. The average Bonchev–Trinajstić information content (AvgIpc) is 3.16. The highest BCUT2D eigenvalue weighted by atomic mass is 16.7. The van der Waals surface area contributed by atoms with Crippen LogP contribution in [0.1, 0.15) is 35.3 Å². The summed E-state index contributed by atoms with van der Waals surface area (Å²) in [4.78, 5) is 56.8. The van der Waals surface area contributed by atoms with E-state index in [0.717, 1.165) is 19.1 Å². The van der Waals surface area contributed by atoms with Crippen molar-refractivity contribution in [3.8, 4) is 17.2 Å². The number of aliphatic hydroxyl groups is 1. The molecule has 37 heavy (non-hydrogen) atoms. The Balaban J connectivity index is 1.57. The molecule has 0 bridgehead atoms. The van der Waals surface area contributed by atoms with Crippen LogP contribution >= 0.6 is 0 Å². The quantitative estimate of drug-likeness (QED) is 0.521. The van der Waals surface area contributed by atoms with Gasteiger partial charge in [0.05, 0.1) is 5.56 Å². The molecule has 0 radical (unpaired) electrons. The second-order valence-electron chi connectivity index (χ2n) is 8.71. The number of benzene rings is 1. The Bertz CT molecular complexity index is 1450. The number of carbonyl (C=O) groups is 4. The number of imide groups is 1. The molecule has 1 aromatic carbocycles. The van der Waals surface area contributed by atoms with Crippen molar-refractivity contribution in [2.75, 3.05) is 7.11 Å². The lowest BCUT2D eigenvalue weighted by Crippen LogP contribution is -2.54. The zero-order chi connectivity index (χ0) is 26.6. The van der Waals surface area contributed by atoms with Gasteiger partial charge in [-0.05, 0) is 25.5 Å². The maximum Gasteiger partial charge on any atom is 0.329 e. The number of phenols is 1. The number of amides is 3. The van der Waals surface area contributed by atoms with Crippen LogP contribution in [0.2, 0.25) is 0 Å². The zero-order valence-corrected chi connectivity index (χ0v) is 19.9. The highest BCUT2D eigenvalue weighted by molar-refractivity contribution is 6.26. The monoisotopic (exact) mass is 507 g/mol. The largest absolute Gasteiger partial charge is 0.507 e. The van der Waals surface area contributed by atoms with Gasteiger partial charge in [-0.25, -0.2) is 4.79 Å². The molecule has 190 valence electrons. The van der Waals surface area contributed by atoms with Crippen LogP contribution in [0.15, 0.2) is 53.8 Å². The number of fused-ring (bicyclic) bond motifs is 5. The van der Waals surface area contributed by atoms with Gasteiger partial charge in [-0.3, -0.25) is 19.4 Å². The van der Waals surface area contributed by atoms with Crippen molar-refractivity contribution in [2.45, 2.75) is 32.2 Å². The Labute approximate surface area is 209 Å². The van der Waals surface area contributed by atoms with Crippen molar-refractivity contribution >= 4 is 23.5 Å². The number of ketones is 2. The van der Waals surface area contributed by atoms with E-state index >= 15 is 0 Å². The Hall–Kier alpha value is -4.71. The number of allylic oxidation sites excluding steroid dienone is 3. The first-order valence-electron chi connectivity index (χ1n) is 11.1. The summed E-state index contributed by atoms with van der Waals surface area (Å²) in [6.45, 7) is 2.58. The molecule has 5 rings (SSSR count). The van der Waals surface area contributed by atoms with Crippen LogP contribution in [0, 0.1) is 0 Å². The van der Waals surface area contributed by atoms with Crippen LogP contribution in [0.4, 0.5) is 4.79 Å². The standard InChI is InChI=1S/C25H21N3O9/c1-11(29)17-13(30)8-16-25(2,21(17)32)19-14(31)7-15-18(20(19)37-16)22(33)28(24(35-3)36-15)23(34)27-10-12-5-4-6-26-9-12/h4-9,24,30-31H,10H2,1-3H3,(H,27,34)/t24?,25-/m1/s1. The number of nitrogens with one attached hydrogen (secondary N) is 1. The minimum absolute atomic E-state index is 0.0577. The number of carbonyl (C=O) groups excluding carboxylic acids is 4. The van der Waals surface area contributed by atoms with Gasteiger partial charge in [0, 0.05) is 38.2 Å². The molecule has 1 unspecified atom stereocenters. The van der Waals surface area contributed by atoms with Crippen molar-refractivity contribution < 1.29 is 43.6 Å². The predicted octanol–water partition coefficient (Wildman–Crippen LogP) is 1.98. The Morgan fingerprint density at radius 2 is 2.05 bits per heavy atom. The number of methoxy groups -OCH3 is 1. The lowest BCUT2D eigenvalue weighted by atomic mass is 9.71. The number of hydrogen-bond acceptors (Lipinski definition) is 10. The maximum absolute atomic E-state index is 13.7. The van der Waals surface area contributed by atoms with Crippen LogP contribution in [-0.4, -0.2) is 57.1 Å². The number of rotatable bonds is 4. The number of Topliss-reactive ketones (excluding diaryl/α,β-unsaturated/α-hetero) is 2. The van der Waals surface area contributed by atoms with Crippen molar-refractivity contribution in [3.63, 3.8) is 0 Å². The third-order valence-electron chi connectivity index (χ3n) is 6.44. The molecule has 3 aliphatic rings. The van der Waals surface area contributed by atoms with Crippen molar-refractivity contribution in [2.24, 2.45) is 0 Å². The summed E-state index contributed by atoms with van der Waals surface area (Å²) < 4.78 is 16.7. The van der Waals surface area contributed by atoms with Crippen LogP contribution in [0.5, 0.6) is 17.2 Å². The molecule has 0 saturated carbocycles. The number of aromatic nitrogens is 1. The Morgan fingerprint density at radius 3 is 2.70 bits per heavy atom. The summed E-state index contributed by atoms with van der Waals surface area (Å²) in [6.07, 6.45) is 2.75. The summed E-state index contributed by atoms with van der Waals surface area (Å²) in [7, 11) is 1.23. The first-order valence-corrected chi connectivity index (χ1v) is 11.1. The van der Waals surface area contributed by atoms with Gasteiger partial charge in [-0.2, -0.15) is 4.90 Å². The normalized spacial score (nSPS) is 21.9. The molecule has 3 amide bonds. The fraction of sp³-hybridized carbons (Fsp3) is 0.240. The molecule has 1 aliphatic carbocycles. The van der Waals surface area contributed by atoms with Crippen LogP contribution < -0.4 is 14.8 Å². The number of hydrogen-bond donors (Lipinski definition) is 3. The molecule has 3 N–H and O–H groups in total. The minimum atomic E-state index is -1.71. The maximum atomic E-state index is 13.7. The van der Waals surface area contributed by atoms with Gasteiger partial charge in [-0.1, -0.05) is 6.07 Å². The van der Waals surface area contributed by atoms with Crippen molar-refractivity contribution in [3.05, 3.63) is 70.5 Å². The molecular formula is C25H21N3O9. The lowest BCUT2D eigenvalue weighted by molar-refractivity contribution is -0.129. The van der Waals surface area contributed by atoms with Gasteiger partial charge < -0.3 is 29.7 Å². The van der Waals surface area contributed by atoms with Gasteiger partial charge in [0.2, 0.25) is 0 Å². The molecule has 0 spiro atoms. The fourth-order valence-electron chi connectivity index (χ4n) is 4.62. The van der Waals surface area contributed by atoms with E-state index in [2.05, 4.69) is 10.3 Å². The molecule has 12 nitrogen and oxygen atoms in total. The zero-order valence-electron chi connectivity index (χ0n) is 19.9. The van der Waals surface area contributed by atoms with E-state index in [9.17, 15) is 29.4 Å². The van der Waals surface area contributed by atoms with E-state index in [1.807, 2.05) is 0 Å². The fourth-order valence-corrected chi connectivity index (χ4v) is 4.62. The topological polar surface area (TPSA) is 165 Å². The summed E-state index contributed by atoms with van der Waals surface area (Å²) in [5.41, 5.74) is -1.84. The van der Waals surface area contributed by atoms with E-state index < -0.39 is 52.4 Å². The van der Waals surface area contributed by atoms with Crippen LogP contribution in [0.3, 0.4) is 0 Å². The van der Waals surface area contributed by atoms with E-state index in [4.69, 9.17) is 14.2 Å². The van der Waals surface area contributed by atoms with E-state index in [1.54, 1.807) is 24.5 Å². The Morgan fingerprint density at radius 1 is 1.30 bits per heavy atom. The molecule has 12 heteroatoms. The number of nitrogens with zero attached hydrogens (tertiary/aromatic N) is 2. The number of pyridine rings is 1. The second kappa shape index (κ2) is 8.45. The number of aromatic hydroxyl groups is 1. The highest BCUT2D eigenvalue weighted by Crippen LogP contribution is 2.57. The summed E-state index contributed by atoms with van der Waals surface area (Å²) in [5, 5.41) is 23.8. The molecule has 0 fully saturated rings. The average molecular weight is 507 g/mol. The van der Waals surface area contributed by atoms with Gasteiger partial charge in [0.15, 0.2) is 17.3 Å². The number of aliphatic hydroxyl groups excluding tert-OH is 1. The smallest absolute Gasteiger partial charge is 0.329 e. The number of phenolic OH excluding ortho intramolecular Hbond substituents is 1. The Kier molecular flexibility index (Phi) is 5.48. The van der Waals surface area contributed by atoms with Gasteiger partial charge in [-0.15, -0.1) is 0 Å². The highest BCUT2D eigenvalue weighted by Gasteiger charge is 2.56. The molecule has 0 saturated heterocycles. The molecule has 2 atom stereocenters. The summed E-state index contributed by atoms with van der Waals surface area (Å²) in [5.74, 6) is -3.90. The third kappa shape index (κ3) is 3.44. The van der Waals surface area contributed by atoms with Gasteiger partial charge in [0.1, 0.15) is 39.6 Å².